The summed E-state index contributed by atoms with van der Waals surface area (Å²) in [6, 6.07) is 3.79. The van der Waals surface area contributed by atoms with Crippen LogP contribution in [0, 0.1) is 11.7 Å². The first-order chi connectivity index (χ1) is 8.63. The van der Waals surface area contributed by atoms with Gasteiger partial charge in [0.2, 0.25) is 0 Å². The maximum absolute atomic E-state index is 13.5. The molecular formula is C13H17FN2O2. The summed E-state index contributed by atoms with van der Waals surface area (Å²) in [4.78, 5) is 12.0. The van der Waals surface area contributed by atoms with E-state index in [1.165, 1.54) is 12.1 Å². The average molecular weight is 252 g/mol. The summed E-state index contributed by atoms with van der Waals surface area (Å²) in [6.45, 7) is 0.508. The van der Waals surface area contributed by atoms with Gasteiger partial charge in [0.05, 0.1) is 0 Å². The minimum atomic E-state index is -0.713. The van der Waals surface area contributed by atoms with Crippen LogP contribution in [0.4, 0.5) is 4.39 Å². The van der Waals surface area contributed by atoms with Crippen LogP contribution in [0.1, 0.15) is 29.6 Å². The molecule has 0 aliphatic heterocycles. The zero-order chi connectivity index (χ0) is 13.1. The van der Waals surface area contributed by atoms with Crippen LogP contribution < -0.4 is 11.1 Å². The molecule has 1 aromatic rings. The molecule has 0 saturated heterocycles. The highest BCUT2D eigenvalue weighted by molar-refractivity contribution is 5.97. The van der Waals surface area contributed by atoms with Crippen molar-refractivity contribution in [1.29, 1.82) is 0 Å². The predicted octanol–water partition coefficient (Wildman–Crippen LogP) is 1.39. The quantitative estimate of drug-likeness (QED) is 0.761. The molecule has 2 atom stereocenters. The van der Waals surface area contributed by atoms with E-state index >= 15 is 0 Å². The number of amides is 1. The highest BCUT2D eigenvalue weighted by atomic mass is 19.1. The van der Waals surface area contributed by atoms with E-state index in [0.29, 0.717) is 6.54 Å². The second kappa shape index (κ2) is 5.35. The SMILES string of the molecule is NCC1CCCC1NC(=O)c1c(O)cccc1F. The fourth-order valence-electron chi connectivity index (χ4n) is 2.49. The molecule has 0 spiro atoms. The molecule has 0 aromatic heterocycles. The van der Waals surface area contributed by atoms with Crippen molar-refractivity contribution in [3.8, 4) is 5.75 Å². The van der Waals surface area contributed by atoms with Crippen molar-refractivity contribution in [3.63, 3.8) is 0 Å². The number of carbonyl (C=O) groups is 1. The Morgan fingerprint density at radius 1 is 1.50 bits per heavy atom. The van der Waals surface area contributed by atoms with Crippen molar-refractivity contribution < 1.29 is 14.3 Å². The summed E-state index contributed by atoms with van der Waals surface area (Å²) in [5.74, 6) is -1.39. The van der Waals surface area contributed by atoms with E-state index in [4.69, 9.17) is 5.73 Å². The molecule has 98 valence electrons. The minimum absolute atomic E-state index is 0.0264. The second-order valence-electron chi connectivity index (χ2n) is 4.64. The fraction of sp³-hybridized carbons (Fsp3) is 0.462. The van der Waals surface area contributed by atoms with Crippen LogP contribution in [-0.2, 0) is 0 Å². The van der Waals surface area contributed by atoms with Gasteiger partial charge in [0.15, 0.2) is 0 Å². The van der Waals surface area contributed by atoms with E-state index in [9.17, 15) is 14.3 Å². The fourth-order valence-corrected chi connectivity index (χ4v) is 2.49. The van der Waals surface area contributed by atoms with Crippen molar-refractivity contribution in [2.75, 3.05) is 6.54 Å². The molecule has 4 N–H and O–H groups in total. The van der Waals surface area contributed by atoms with Gasteiger partial charge in [-0.25, -0.2) is 4.39 Å². The third kappa shape index (κ3) is 2.46. The Hall–Kier alpha value is -1.62. The Kier molecular flexibility index (Phi) is 3.81. The summed E-state index contributed by atoms with van der Waals surface area (Å²) in [6.07, 6.45) is 2.84. The number of hydrogen-bond acceptors (Lipinski definition) is 3. The number of rotatable bonds is 3. The van der Waals surface area contributed by atoms with Gasteiger partial charge in [-0.3, -0.25) is 4.79 Å². The zero-order valence-corrected chi connectivity index (χ0v) is 10.0. The van der Waals surface area contributed by atoms with Crippen LogP contribution in [0.5, 0.6) is 5.75 Å². The monoisotopic (exact) mass is 252 g/mol. The lowest BCUT2D eigenvalue weighted by Gasteiger charge is -2.19. The van der Waals surface area contributed by atoms with Gasteiger partial charge in [0, 0.05) is 6.04 Å². The number of carbonyl (C=O) groups excluding carboxylic acids is 1. The third-order valence-electron chi connectivity index (χ3n) is 3.50. The van der Waals surface area contributed by atoms with Gasteiger partial charge in [-0.2, -0.15) is 0 Å². The lowest BCUT2D eigenvalue weighted by atomic mass is 10.0. The molecule has 0 bridgehead atoms. The van der Waals surface area contributed by atoms with Gasteiger partial charge in [-0.1, -0.05) is 12.5 Å². The van der Waals surface area contributed by atoms with Crippen LogP contribution in [0.3, 0.4) is 0 Å². The van der Waals surface area contributed by atoms with Gasteiger partial charge in [-0.15, -0.1) is 0 Å². The second-order valence-corrected chi connectivity index (χ2v) is 4.64. The molecule has 1 aromatic carbocycles. The largest absolute Gasteiger partial charge is 0.507 e. The number of phenols is 1. The Bertz CT molecular complexity index is 430. The topological polar surface area (TPSA) is 75.3 Å². The maximum atomic E-state index is 13.5. The molecule has 1 aliphatic rings. The summed E-state index contributed by atoms with van der Waals surface area (Å²) in [5.41, 5.74) is 5.33. The van der Waals surface area contributed by atoms with Gasteiger partial charge in [-0.05, 0) is 37.4 Å². The van der Waals surface area contributed by atoms with Crippen LogP contribution in [0.25, 0.3) is 0 Å². The first-order valence-electron chi connectivity index (χ1n) is 6.12. The van der Waals surface area contributed by atoms with Crippen molar-refractivity contribution in [1.82, 2.24) is 5.32 Å². The highest BCUT2D eigenvalue weighted by Gasteiger charge is 2.29. The van der Waals surface area contributed by atoms with E-state index in [0.717, 1.165) is 25.3 Å². The molecule has 2 rings (SSSR count). The number of phenolic OH excluding ortho intramolecular Hbond substituents is 1. The van der Waals surface area contributed by atoms with E-state index in [2.05, 4.69) is 5.32 Å². The van der Waals surface area contributed by atoms with E-state index in [1.54, 1.807) is 0 Å². The molecular weight excluding hydrogens is 235 g/mol. The molecule has 0 heterocycles. The molecule has 1 saturated carbocycles. The lowest BCUT2D eigenvalue weighted by Crippen LogP contribution is -2.40. The standard InChI is InChI=1S/C13H17FN2O2/c14-9-4-2-6-11(17)12(9)13(18)16-10-5-1-3-8(10)7-15/h2,4,6,8,10,17H,1,3,5,7,15H2,(H,16,18). The number of aromatic hydroxyl groups is 1. The molecule has 18 heavy (non-hydrogen) atoms. The lowest BCUT2D eigenvalue weighted by molar-refractivity contribution is 0.0922. The first-order valence-corrected chi connectivity index (χ1v) is 6.12. The van der Waals surface area contributed by atoms with Gasteiger partial charge in [0.25, 0.3) is 5.91 Å². The summed E-state index contributed by atoms with van der Waals surface area (Å²) >= 11 is 0. The summed E-state index contributed by atoms with van der Waals surface area (Å²) in [7, 11) is 0. The van der Waals surface area contributed by atoms with Crippen LogP contribution in [-0.4, -0.2) is 23.6 Å². The Morgan fingerprint density at radius 3 is 2.94 bits per heavy atom. The molecule has 1 aliphatic carbocycles. The van der Waals surface area contributed by atoms with Gasteiger partial charge < -0.3 is 16.2 Å². The van der Waals surface area contributed by atoms with Crippen LogP contribution in [0.15, 0.2) is 18.2 Å². The third-order valence-corrected chi connectivity index (χ3v) is 3.50. The van der Waals surface area contributed by atoms with Crippen LogP contribution >= 0.6 is 0 Å². The molecule has 1 fully saturated rings. The normalized spacial score (nSPS) is 23.0. The summed E-state index contributed by atoms with van der Waals surface area (Å²) < 4.78 is 13.5. The number of hydrogen-bond donors (Lipinski definition) is 3. The number of benzene rings is 1. The predicted molar refractivity (Wildman–Crippen MR) is 65.7 cm³/mol. The van der Waals surface area contributed by atoms with Crippen molar-refractivity contribution >= 4 is 5.91 Å². The van der Waals surface area contributed by atoms with Crippen molar-refractivity contribution in [2.45, 2.75) is 25.3 Å². The molecule has 1 amide bonds. The Labute approximate surface area is 105 Å². The van der Waals surface area contributed by atoms with Gasteiger partial charge in [0.1, 0.15) is 17.1 Å². The van der Waals surface area contributed by atoms with E-state index in [1.807, 2.05) is 0 Å². The molecule has 0 radical (unpaired) electrons. The molecule has 4 nitrogen and oxygen atoms in total. The van der Waals surface area contributed by atoms with Gasteiger partial charge >= 0.3 is 0 Å². The molecule has 2 unspecified atom stereocenters. The van der Waals surface area contributed by atoms with Crippen LogP contribution in [0.2, 0.25) is 0 Å². The minimum Gasteiger partial charge on any atom is -0.507 e. The average Bonchev–Trinajstić information content (AvgIpc) is 2.76. The zero-order valence-electron chi connectivity index (χ0n) is 10.0. The Balaban J connectivity index is 2.12. The number of halogens is 1. The smallest absolute Gasteiger partial charge is 0.258 e. The number of nitrogens with one attached hydrogen (secondary N) is 1. The highest BCUT2D eigenvalue weighted by Crippen LogP contribution is 2.26. The number of nitrogens with two attached hydrogens (primary N) is 1. The van der Waals surface area contributed by atoms with Crippen molar-refractivity contribution in [2.24, 2.45) is 11.7 Å². The Morgan fingerprint density at radius 2 is 2.28 bits per heavy atom. The van der Waals surface area contributed by atoms with E-state index in [-0.39, 0.29) is 23.3 Å². The maximum Gasteiger partial charge on any atom is 0.258 e. The first kappa shape index (κ1) is 12.8. The molecule has 5 heteroatoms. The summed E-state index contributed by atoms with van der Waals surface area (Å²) in [5, 5.41) is 12.3. The van der Waals surface area contributed by atoms with E-state index < -0.39 is 11.7 Å². The van der Waals surface area contributed by atoms with Crippen molar-refractivity contribution in [3.05, 3.63) is 29.6 Å².